The summed E-state index contributed by atoms with van der Waals surface area (Å²) >= 11 is 4.46. The van der Waals surface area contributed by atoms with Crippen LogP contribution >= 0.6 is 13.9 Å². The predicted octanol–water partition coefficient (Wildman–Crippen LogP) is 4.41. The molecule has 2 heteroatoms. The van der Waals surface area contributed by atoms with Gasteiger partial charge in [0, 0.05) is 0 Å². The molecule has 0 unspecified atom stereocenters. The maximum atomic E-state index is 4.46. The van der Waals surface area contributed by atoms with Gasteiger partial charge in [0.05, 0.1) is 0 Å². The molecule has 0 fully saturated rings. The molecule has 118 valence electrons. The van der Waals surface area contributed by atoms with Gasteiger partial charge in [0.2, 0.25) is 0 Å². The zero-order valence-corrected chi connectivity index (χ0v) is 16.9. The molecule has 0 nitrogen and oxygen atoms in total. The molecule has 0 aromatic heterocycles. The molecule has 3 aromatic rings. The van der Waals surface area contributed by atoms with Crippen LogP contribution in [-0.4, -0.2) is 10.6 Å². The first-order valence-electron chi connectivity index (χ1n) is 8.10. The van der Waals surface area contributed by atoms with Crippen molar-refractivity contribution in [3.05, 3.63) is 91.0 Å². The molecule has 0 bridgehead atoms. The zero-order valence-electron chi connectivity index (χ0n) is 13.4. The molecular formula is C21H22AsBr. The molecule has 0 atom stereocenters. The quantitative estimate of drug-likeness (QED) is 0.528. The number of hydrogen-bond donors (Lipinski definition) is 0. The Bertz CT molecular complexity index is 654. The Balaban J connectivity index is 2.41. The van der Waals surface area contributed by atoms with Gasteiger partial charge in [0.1, 0.15) is 0 Å². The van der Waals surface area contributed by atoms with Crippen LogP contribution < -0.4 is 13.1 Å². The van der Waals surface area contributed by atoms with Crippen LogP contribution in [0.5, 0.6) is 0 Å². The predicted molar refractivity (Wildman–Crippen MR) is 108 cm³/mol. The summed E-state index contributed by atoms with van der Waals surface area (Å²) in [5.74, 6) is 0. The SMILES string of the molecule is CCC[As](Br)(c1ccccc1)(c1ccccc1)c1ccccc1. The van der Waals surface area contributed by atoms with Crippen molar-refractivity contribution in [2.24, 2.45) is 0 Å². The first-order valence-corrected chi connectivity index (χ1v) is 16.6. The summed E-state index contributed by atoms with van der Waals surface area (Å²) in [4.78, 5) is 0. The first kappa shape index (κ1) is 16.6. The van der Waals surface area contributed by atoms with Gasteiger partial charge in [-0.05, 0) is 0 Å². The van der Waals surface area contributed by atoms with E-state index in [4.69, 9.17) is 0 Å². The first-order chi connectivity index (χ1) is 11.2. The van der Waals surface area contributed by atoms with Gasteiger partial charge in [-0.15, -0.1) is 0 Å². The molecule has 0 amide bonds. The molecule has 0 aliphatic heterocycles. The summed E-state index contributed by atoms with van der Waals surface area (Å²) in [5, 5.41) is 1.16. The van der Waals surface area contributed by atoms with Crippen molar-refractivity contribution in [1.29, 1.82) is 0 Å². The summed E-state index contributed by atoms with van der Waals surface area (Å²) in [5.41, 5.74) is 0. The molecule has 0 spiro atoms. The Morgan fingerprint density at radius 2 is 0.913 bits per heavy atom. The molecule has 0 aliphatic rings. The average molecular weight is 429 g/mol. The number of rotatable bonds is 5. The van der Waals surface area contributed by atoms with E-state index in [1.54, 1.807) is 0 Å². The Morgan fingerprint density at radius 3 is 1.17 bits per heavy atom. The van der Waals surface area contributed by atoms with Crippen molar-refractivity contribution in [3.8, 4) is 0 Å². The van der Waals surface area contributed by atoms with Crippen molar-refractivity contribution >= 4 is 37.6 Å². The monoisotopic (exact) mass is 428 g/mol. The molecule has 0 radical (unpaired) electrons. The molecule has 0 saturated heterocycles. The number of hydrogen-bond acceptors (Lipinski definition) is 0. The van der Waals surface area contributed by atoms with Gasteiger partial charge in [0.15, 0.2) is 0 Å². The van der Waals surface area contributed by atoms with Gasteiger partial charge in [-0.25, -0.2) is 0 Å². The second-order valence-corrected chi connectivity index (χ2v) is 23.2. The van der Waals surface area contributed by atoms with Crippen LogP contribution in [0.1, 0.15) is 13.3 Å². The van der Waals surface area contributed by atoms with E-state index in [0.717, 1.165) is 11.6 Å². The third-order valence-electron chi connectivity index (χ3n) is 4.53. The Hall–Kier alpha value is -1.30. The topological polar surface area (TPSA) is 0 Å². The van der Waals surface area contributed by atoms with Gasteiger partial charge >= 0.3 is 147 Å². The van der Waals surface area contributed by atoms with Crippen LogP contribution in [0, 0.1) is 0 Å². The molecule has 0 saturated carbocycles. The summed E-state index contributed by atoms with van der Waals surface area (Å²) in [7, 11) is -3.31. The van der Waals surface area contributed by atoms with E-state index in [0.29, 0.717) is 0 Å². The fourth-order valence-corrected chi connectivity index (χ4v) is 19.3. The van der Waals surface area contributed by atoms with Crippen LogP contribution in [0.25, 0.3) is 0 Å². The molecule has 0 N–H and O–H groups in total. The van der Waals surface area contributed by atoms with Crippen LogP contribution in [0.15, 0.2) is 91.0 Å². The van der Waals surface area contributed by atoms with E-state index < -0.39 is 10.6 Å². The molecule has 3 aromatic carbocycles. The molecule has 0 heterocycles. The third-order valence-corrected chi connectivity index (χ3v) is 24.1. The number of halogens is 1. The Morgan fingerprint density at radius 1 is 0.609 bits per heavy atom. The summed E-state index contributed by atoms with van der Waals surface area (Å²) in [6, 6.07) is 33.1. The van der Waals surface area contributed by atoms with E-state index >= 15 is 0 Å². The minimum atomic E-state index is -3.31. The molecule has 23 heavy (non-hydrogen) atoms. The molecule has 0 aliphatic carbocycles. The van der Waals surface area contributed by atoms with Gasteiger partial charge in [-0.1, -0.05) is 0 Å². The van der Waals surface area contributed by atoms with Crippen LogP contribution in [0.2, 0.25) is 5.21 Å². The maximum absolute atomic E-state index is 4.46. The minimum absolute atomic E-state index is 1.15. The summed E-state index contributed by atoms with van der Waals surface area (Å²) < 4.78 is 4.35. The third kappa shape index (κ3) is 2.71. The van der Waals surface area contributed by atoms with E-state index in [1.807, 2.05) is 0 Å². The Kier molecular flexibility index (Phi) is 4.80. The Labute approximate surface area is 146 Å². The average Bonchev–Trinajstić information content (AvgIpc) is 2.64. The van der Waals surface area contributed by atoms with E-state index in [2.05, 4.69) is 112 Å². The van der Waals surface area contributed by atoms with Crippen LogP contribution in [0.4, 0.5) is 0 Å². The van der Waals surface area contributed by atoms with E-state index in [1.165, 1.54) is 13.1 Å². The van der Waals surface area contributed by atoms with Gasteiger partial charge < -0.3 is 0 Å². The number of benzene rings is 3. The molecular weight excluding hydrogens is 407 g/mol. The van der Waals surface area contributed by atoms with Crippen molar-refractivity contribution in [3.63, 3.8) is 0 Å². The van der Waals surface area contributed by atoms with Crippen molar-refractivity contribution in [2.75, 3.05) is 0 Å². The second kappa shape index (κ2) is 6.67. The zero-order chi connectivity index (χ0) is 16.2. The summed E-state index contributed by atoms with van der Waals surface area (Å²) in [6.45, 7) is 2.29. The van der Waals surface area contributed by atoms with Gasteiger partial charge in [-0.2, -0.15) is 0 Å². The normalized spacial score (nSPS) is 13.2. The van der Waals surface area contributed by atoms with Crippen molar-refractivity contribution in [1.82, 2.24) is 0 Å². The second-order valence-electron chi connectivity index (χ2n) is 5.91. The fraction of sp³-hybridized carbons (Fsp3) is 0.143. The van der Waals surface area contributed by atoms with Gasteiger partial charge in [-0.3, -0.25) is 0 Å². The van der Waals surface area contributed by atoms with Crippen LogP contribution in [-0.2, 0) is 0 Å². The van der Waals surface area contributed by atoms with E-state index in [-0.39, 0.29) is 0 Å². The summed E-state index contributed by atoms with van der Waals surface area (Å²) in [6.07, 6.45) is 1.15. The van der Waals surface area contributed by atoms with Gasteiger partial charge in [0.25, 0.3) is 0 Å². The van der Waals surface area contributed by atoms with E-state index in [9.17, 15) is 0 Å². The van der Waals surface area contributed by atoms with Crippen LogP contribution in [0.3, 0.4) is 0 Å². The standard InChI is InChI=1S/C21H22AsBr/c1-2-18-22(23,19-12-6-3-7-13-19,20-14-8-4-9-15-20)21-16-10-5-11-17-21/h3-17H,2,18H2,1H3. The fourth-order valence-electron chi connectivity index (χ4n) is 3.47. The van der Waals surface area contributed by atoms with Crippen molar-refractivity contribution in [2.45, 2.75) is 18.6 Å². The molecule has 3 rings (SSSR count). The van der Waals surface area contributed by atoms with Crippen molar-refractivity contribution < 1.29 is 0 Å².